The van der Waals surface area contributed by atoms with Crippen molar-refractivity contribution in [2.45, 2.75) is 11.2 Å². The maximum atomic E-state index is 12.7. The minimum absolute atomic E-state index is 0.00527. The number of thioether (sulfide) groups is 1. The second-order valence-electron chi connectivity index (χ2n) is 6.16. The van der Waals surface area contributed by atoms with Crippen molar-refractivity contribution in [3.05, 3.63) is 82.6 Å². The van der Waals surface area contributed by atoms with Crippen molar-refractivity contribution < 1.29 is 4.79 Å². The molecule has 0 saturated heterocycles. The lowest BCUT2D eigenvalue weighted by atomic mass is 10.1. The van der Waals surface area contributed by atoms with E-state index in [4.69, 9.17) is 0 Å². The highest BCUT2D eigenvalue weighted by Gasteiger charge is 2.18. The van der Waals surface area contributed by atoms with E-state index in [1.54, 1.807) is 11.3 Å². The van der Waals surface area contributed by atoms with Crippen molar-refractivity contribution >= 4 is 40.0 Å². The number of aryl methyl sites for hydroxylation is 1. The summed E-state index contributed by atoms with van der Waals surface area (Å²) in [6, 6.07) is 22.0. The third kappa shape index (κ3) is 3.91. The number of imidazole rings is 1. The van der Waals surface area contributed by atoms with E-state index in [1.165, 1.54) is 11.8 Å². The van der Waals surface area contributed by atoms with Gasteiger partial charge in [0.25, 0.3) is 0 Å². The molecule has 4 nitrogen and oxygen atoms in total. The number of nitrogens with zero attached hydrogens (tertiary/aromatic N) is 2. The Morgan fingerprint density at radius 1 is 1.11 bits per heavy atom. The molecule has 136 valence electrons. The molecule has 27 heavy (non-hydrogen) atoms. The minimum Gasteiger partial charge on any atom is -0.344 e. The standard InChI is InChI=1S/C21H19N3OS2/c1-24-17-11-6-5-10-16(17)22-21(24)27-14-19(25)23-20(18-12-7-13-26-18)15-8-3-2-4-9-15/h2-13,20H,14H2,1H3,(H,23,25)/t20-/m1/s1. The van der Waals surface area contributed by atoms with Crippen LogP contribution in [0, 0.1) is 0 Å². The van der Waals surface area contributed by atoms with Crippen LogP contribution in [0.25, 0.3) is 11.0 Å². The fourth-order valence-electron chi connectivity index (χ4n) is 3.01. The summed E-state index contributed by atoms with van der Waals surface area (Å²) < 4.78 is 2.03. The summed E-state index contributed by atoms with van der Waals surface area (Å²) in [6.07, 6.45) is 0. The third-order valence-corrected chi connectivity index (χ3v) is 6.31. The third-order valence-electron chi connectivity index (χ3n) is 4.34. The molecule has 4 aromatic rings. The number of aromatic nitrogens is 2. The number of amides is 1. The molecule has 6 heteroatoms. The van der Waals surface area contributed by atoms with Gasteiger partial charge in [-0.05, 0) is 29.1 Å². The van der Waals surface area contributed by atoms with E-state index in [2.05, 4.69) is 16.4 Å². The summed E-state index contributed by atoms with van der Waals surface area (Å²) in [4.78, 5) is 18.4. The molecule has 0 bridgehead atoms. The lowest BCUT2D eigenvalue weighted by Crippen LogP contribution is -2.30. The Morgan fingerprint density at radius 2 is 1.89 bits per heavy atom. The van der Waals surface area contributed by atoms with Gasteiger partial charge in [0.1, 0.15) is 0 Å². The topological polar surface area (TPSA) is 46.9 Å². The highest BCUT2D eigenvalue weighted by Crippen LogP contribution is 2.27. The van der Waals surface area contributed by atoms with Gasteiger partial charge in [-0.25, -0.2) is 4.98 Å². The number of nitrogens with one attached hydrogen (secondary N) is 1. The first-order valence-corrected chi connectivity index (χ1v) is 10.5. The van der Waals surface area contributed by atoms with Gasteiger partial charge in [0.05, 0.1) is 22.8 Å². The lowest BCUT2D eigenvalue weighted by molar-refractivity contribution is -0.119. The Morgan fingerprint density at radius 3 is 2.63 bits per heavy atom. The van der Waals surface area contributed by atoms with Gasteiger partial charge in [-0.2, -0.15) is 0 Å². The number of carbonyl (C=O) groups is 1. The number of benzene rings is 2. The molecule has 0 spiro atoms. The first kappa shape index (κ1) is 17.8. The zero-order valence-electron chi connectivity index (χ0n) is 14.8. The van der Waals surface area contributed by atoms with Crippen LogP contribution in [-0.2, 0) is 11.8 Å². The quantitative estimate of drug-likeness (QED) is 0.486. The molecule has 0 aliphatic carbocycles. The molecular weight excluding hydrogens is 374 g/mol. The molecule has 0 radical (unpaired) electrons. The number of carbonyl (C=O) groups excluding carboxylic acids is 1. The smallest absolute Gasteiger partial charge is 0.231 e. The molecule has 1 atom stereocenters. The van der Waals surface area contributed by atoms with Gasteiger partial charge < -0.3 is 9.88 Å². The van der Waals surface area contributed by atoms with E-state index in [0.29, 0.717) is 5.75 Å². The zero-order chi connectivity index (χ0) is 18.6. The van der Waals surface area contributed by atoms with Crippen LogP contribution >= 0.6 is 23.1 Å². The number of thiophene rings is 1. The van der Waals surface area contributed by atoms with E-state index >= 15 is 0 Å². The van der Waals surface area contributed by atoms with Gasteiger partial charge in [0.2, 0.25) is 5.91 Å². The normalized spacial score (nSPS) is 12.2. The van der Waals surface area contributed by atoms with E-state index in [1.807, 2.05) is 77.7 Å². The summed E-state index contributed by atoms with van der Waals surface area (Å²) in [5, 5.41) is 6.05. The fraction of sp³-hybridized carbons (Fsp3) is 0.143. The van der Waals surface area contributed by atoms with E-state index in [0.717, 1.165) is 26.6 Å². The first-order valence-electron chi connectivity index (χ1n) is 8.64. The molecule has 0 saturated carbocycles. The average molecular weight is 394 g/mol. The van der Waals surface area contributed by atoms with Gasteiger partial charge in [-0.1, -0.05) is 60.3 Å². The molecule has 0 aliphatic rings. The molecule has 2 heterocycles. The summed E-state index contributed by atoms with van der Waals surface area (Å²) in [6.45, 7) is 0. The first-order chi connectivity index (χ1) is 13.2. The molecule has 0 fully saturated rings. The maximum absolute atomic E-state index is 12.7. The SMILES string of the molecule is Cn1c(SCC(=O)N[C@H](c2ccccc2)c2cccs2)nc2ccccc21. The van der Waals surface area contributed by atoms with Crippen molar-refractivity contribution in [3.63, 3.8) is 0 Å². The van der Waals surface area contributed by atoms with Gasteiger partial charge in [0, 0.05) is 11.9 Å². The van der Waals surface area contributed by atoms with Crippen molar-refractivity contribution in [1.29, 1.82) is 0 Å². The molecular formula is C21H19N3OS2. The number of rotatable bonds is 6. The van der Waals surface area contributed by atoms with E-state index < -0.39 is 0 Å². The summed E-state index contributed by atoms with van der Waals surface area (Å²) in [5.41, 5.74) is 3.10. The van der Waals surface area contributed by atoms with Crippen LogP contribution in [0.3, 0.4) is 0 Å². The Labute approximate surface area is 166 Å². The Hall–Kier alpha value is -2.57. The van der Waals surface area contributed by atoms with Crippen LogP contribution in [0.15, 0.2) is 77.3 Å². The van der Waals surface area contributed by atoms with Crippen LogP contribution in [-0.4, -0.2) is 21.2 Å². The monoisotopic (exact) mass is 393 g/mol. The Bertz CT molecular complexity index is 1040. The second kappa shape index (κ2) is 7.98. The number of fused-ring (bicyclic) bond motifs is 1. The van der Waals surface area contributed by atoms with Crippen molar-refractivity contribution in [2.75, 3.05) is 5.75 Å². The Balaban J connectivity index is 1.48. The van der Waals surface area contributed by atoms with E-state index in [-0.39, 0.29) is 11.9 Å². The molecule has 2 aromatic carbocycles. The van der Waals surface area contributed by atoms with Crippen molar-refractivity contribution in [1.82, 2.24) is 14.9 Å². The number of hydrogen-bond donors (Lipinski definition) is 1. The van der Waals surface area contributed by atoms with Gasteiger partial charge in [-0.15, -0.1) is 11.3 Å². The predicted octanol–water partition coefficient (Wildman–Crippen LogP) is 4.63. The van der Waals surface area contributed by atoms with Gasteiger partial charge in [-0.3, -0.25) is 4.79 Å². The summed E-state index contributed by atoms with van der Waals surface area (Å²) in [7, 11) is 1.98. The van der Waals surface area contributed by atoms with Crippen LogP contribution in [0.2, 0.25) is 0 Å². The highest BCUT2D eigenvalue weighted by molar-refractivity contribution is 7.99. The van der Waals surface area contributed by atoms with Gasteiger partial charge >= 0.3 is 0 Å². The summed E-state index contributed by atoms with van der Waals surface area (Å²) >= 11 is 3.11. The summed E-state index contributed by atoms with van der Waals surface area (Å²) in [5.74, 6) is 0.320. The van der Waals surface area contributed by atoms with E-state index in [9.17, 15) is 4.79 Å². The van der Waals surface area contributed by atoms with Crippen LogP contribution in [0.5, 0.6) is 0 Å². The minimum atomic E-state index is -0.125. The number of para-hydroxylation sites is 2. The number of hydrogen-bond acceptors (Lipinski definition) is 4. The fourth-order valence-corrected chi connectivity index (χ4v) is 4.61. The Kier molecular flexibility index (Phi) is 5.27. The predicted molar refractivity (Wildman–Crippen MR) is 112 cm³/mol. The van der Waals surface area contributed by atoms with Crippen molar-refractivity contribution in [3.8, 4) is 0 Å². The molecule has 1 N–H and O–H groups in total. The largest absolute Gasteiger partial charge is 0.344 e. The van der Waals surface area contributed by atoms with Gasteiger partial charge in [0.15, 0.2) is 5.16 Å². The van der Waals surface area contributed by atoms with Crippen LogP contribution < -0.4 is 5.32 Å². The van der Waals surface area contributed by atoms with Crippen LogP contribution in [0.1, 0.15) is 16.5 Å². The highest BCUT2D eigenvalue weighted by atomic mass is 32.2. The maximum Gasteiger partial charge on any atom is 0.231 e. The molecule has 0 aliphatic heterocycles. The molecule has 4 rings (SSSR count). The average Bonchev–Trinajstić information content (AvgIpc) is 3.34. The van der Waals surface area contributed by atoms with Crippen LogP contribution in [0.4, 0.5) is 0 Å². The second-order valence-corrected chi connectivity index (χ2v) is 8.08. The molecule has 0 unspecified atom stereocenters. The lowest BCUT2D eigenvalue weighted by Gasteiger charge is -2.18. The molecule has 1 amide bonds. The zero-order valence-corrected chi connectivity index (χ0v) is 16.5. The van der Waals surface area contributed by atoms with Crippen molar-refractivity contribution in [2.24, 2.45) is 7.05 Å². The molecule has 2 aromatic heterocycles.